The summed E-state index contributed by atoms with van der Waals surface area (Å²) in [5.74, 6) is 0.161. The summed E-state index contributed by atoms with van der Waals surface area (Å²) >= 11 is 0. The summed E-state index contributed by atoms with van der Waals surface area (Å²) < 4.78 is 5.50. The summed E-state index contributed by atoms with van der Waals surface area (Å²) in [6.45, 7) is 5.26. The molecular weight excluding hydrogens is 278 g/mol. The van der Waals surface area contributed by atoms with Crippen molar-refractivity contribution in [3.8, 4) is 0 Å². The SMILES string of the molecule is Cc1[nH]nc(C(=O)NC(c2ccccc2)C2CCOC2)c1C. The molecule has 1 aromatic heterocycles. The molecule has 2 atom stereocenters. The lowest BCUT2D eigenvalue weighted by molar-refractivity contribution is 0.0910. The molecule has 0 saturated carbocycles. The third-order valence-corrected chi connectivity index (χ3v) is 4.35. The fourth-order valence-corrected chi connectivity index (χ4v) is 2.87. The number of ether oxygens (including phenoxy) is 1. The fraction of sp³-hybridized carbons (Fsp3) is 0.412. The molecule has 2 heterocycles. The summed E-state index contributed by atoms with van der Waals surface area (Å²) in [6.07, 6.45) is 0.957. The van der Waals surface area contributed by atoms with Crippen LogP contribution in [-0.4, -0.2) is 29.3 Å². The van der Waals surface area contributed by atoms with Crippen molar-refractivity contribution in [2.75, 3.05) is 13.2 Å². The van der Waals surface area contributed by atoms with Crippen LogP contribution in [0.2, 0.25) is 0 Å². The topological polar surface area (TPSA) is 67.0 Å². The van der Waals surface area contributed by atoms with Gasteiger partial charge in [0.15, 0.2) is 5.69 Å². The minimum absolute atomic E-state index is 0.0485. The molecule has 5 nitrogen and oxygen atoms in total. The highest BCUT2D eigenvalue weighted by Gasteiger charge is 2.29. The number of nitrogens with one attached hydrogen (secondary N) is 2. The van der Waals surface area contributed by atoms with E-state index in [1.165, 1.54) is 0 Å². The van der Waals surface area contributed by atoms with Crippen LogP contribution in [0.3, 0.4) is 0 Å². The van der Waals surface area contributed by atoms with E-state index >= 15 is 0 Å². The number of amides is 1. The number of benzene rings is 1. The highest BCUT2D eigenvalue weighted by atomic mass is 16.5. The first-order chi connectivity index (χ1) is 10.7. The largest absolute Gasteiger partial charge is 0.381 e. The number of carbonyl (C=O) groups excluding carboxylic acids is 1. The highest BCUT2D eigenvalue weighted by Crippen LogP contribution is 2.29. The average molecular weight is 299 g/mol. The van der Waals surface area contributed by atoms with Gasteiger partial charge in [-0.2, -0.15) is 5.10 Å². The molecule has 0 bridgehead atoms. The Morgan fingerprint density at radius 1 is 1.36 bits per heavy atom. The van der Waals surface area contributed by atoms with Gasteiger partial charge in [-0.25, -0.2) is 0 Å². The van der Waals surface area contributed by atoms with Crippen molar-refractivity contribution < 1.29 is 9.53 Å². The number of nitrogens with zero attached hydrogens (tertiary/aromatic N) is 1. The molecule has 5 heteroatoms. The van der Waals surface area contributed by atoms with Crippen molar-refractivity contribution in [2.45, 2.75) is 26.3 Å². The van der Waals surface area contributed by atoms with Crippen molar-refractivity contribution in [1.82, 2.24) is 15.5 Å². The molecule has 2 N–H and O–H groups in total. The quantitative estimate of drug-likeness (QED) is 0.911. The second-order valence-electron chi connectivity index (χ2n) is 5.81. The van der Waals surface area contributed by atoms with Gasteiger partial charge in [0.1, 0.15) is 0 Å². The molecule has 0 aliphatic carbocycles. The van der Waals surface area contributed by atoms with Gasteiger partial charge in [-0.05, 0) is 25.8 Å². The van der Waals surface area contributed by atoms with E-state index in [9.17, 15) is 4.79 Å². The maximum absolute atomic E-state index is 12.6. The van der Waals surface area contributed by atoms with Crippen LogP contribution in [0, 0.1) is 19.8 Å². The van der Waals surface area contributed by atoms with Crippen LogP contribution in [0.15, 0.2) is 30.3 Å². The van der Waals surface area contributed by atoms with Crippen molar-refractivity contribution in [1.29, 1.82) is 0 Å². The molecule has 3 rings (SSSR count). The summed E-state index contributed by atoms with van der Waals surface area (Å²) in [5.41, 5.74) is 3.39. The van der Waals surface area contributed by atoms with Crippen LogP contribution < -0.4 is 5.32 Å². The third kappa shape index (κ3) is 2.90. The molecule has 22 heavy (non-hydrogen) atoms. The molecule has 1 fully saturated rings. The van der Waals surface area contributed by atoms with E-state index < -0.39 is 0 Å². The molecule has 1 aliphatic heterocycles. The lowest BCUT2D eigenvalue weighted by atomic mass is 9.92. The van der Waals surface area contributed by atoms with E-state index in [0.29, 0.717) is 18.2 Å². The zero-order valence-electron chi connectivity index (χ0n) is 12.9. The van der Waals surface area contributed by atoms with Crippen molar-refractivity contribution in [3.05, 3.63) is 52.8 Å². The summed E-state index contributed by atoms with van der Waals surface area (Å²) in [4.78, 5) is 12.6. The monoisotopic (exact) mass is 299 g/mol. The van der Waals surface area contributed by atoms with Crippen LogP contribution in [0.25, 0.3) is 0 Å². The molecule has 116 valence electrons. The number of aromatic nitrogens is 2. The van der Waals surface area contributed by atoms with Gasteiger partial charge in [0.2, 0.25) is 0 Å². The highest BCUT2D eigenvalue weighted by molar-refractivity contribution is 5.94. The first-order valence-electron chi connectivity index (χ1n) is 7.62. The molecular formula is C17H21N3O2. The van der Waals surface area contributed by atoms with Crippen molar-refractivity contribution in [2.24, 2.45) is 5.92 Å². The van der Waals surface area contributed by atoms with Crippen LogP contribution >= 0.6 is 0 Å². The third-order valence-electron chi connectivity index (χ3n) is 4.35. The second kappa shape index (κ2) is 6.32. The average Bonchev–Trinajstić information content (AvgIpc) is 3.17. The predicted molar refractivity (Wildman–Crippen MR) is 83.6 cm³/mol. The Hall–Kier alpha value is -2.14. The standard InChI is InChI=1S/C17H21N3O2/c1-11-12(2)19-20-15(11)17(21)18-16(14-8-9-22-10-14)13-6-4-3-5-7-13/h3-7,14,16H,8-10H2,1-2H3,(H,18,21)(H,19,20). The normalized spacial score (nSPS) is 19.1. The predicted octanol–water partition coefficient (Wildman–Crippen LogP) is 2.53. The maximum atomic E-state index is 12.6. The maximum Gasteiger partial charge on any atom is 0.272 e. The van der Waals surface area contributed by atoms with Crippen LogP contribution in [0.1, 0.15) is 39.8 Å². The van der Waals surface area contributed by atoms with Crippen LogP contribution in [-0.2, 0) is 4.74 Å². The van der Waals surface area contributed by atoms with Crippen LogP contribution in [0.5, 0.6) is 0 Å². The summed E-state index contributed by atoms with van der Waals surface area (Å²) in [6, 6.07) is 10.0. The molecule has 1 saturated heterocycles. The van der Waals surface area contributed by atoms with Gasteiger partial charge < -0.3 is 10.1 Å². The molecule has 1 aromatic carbocycles. The van der Waals surface area contributed by atoms with Crippen molar-refractivity contribution >= 4 is 5.91 Å². The first kappa shape index (κ1) is 14.8. The fourth-order valence-electron chi connectivity index (χ4n) is 2.87. The molecule has 0 spiro atoms. The van der Waals surface area contributed by atoms with Crippen molar-refractivity contribution in [3.63, 3.8) is 0 Å². The number of aryl methyl sites for hydroxylation is 1. The Kier molecular flexibility index (Phi) is 4.24. The number of carbonyl (C=O) groups is 1. The van der Waals surface area contributed by atoms with Gasteiger partial charge in [0, 0.05) is 23.8 Å². The Bertz CT molecular complexity index is 645. The van der Waals surface area contributed by atoms with Gasteiger partial charge in [0.05, 0.1) is 12.6 Å². The lowest BCUT2D eigenvalue weighted by Gasteiger charge is -2.24. The molecule has 2 aromatic rings. The van der Waals surface area contributed by atoms with E-state index in [1.807, 2.05) is 44.2 Å². The van der Waals surface area contributed by atoms with Gasteiger partial charge >= 0.3 is 0 Å². The van der Waals surface area contributed by atoms with E-state index in [4.69, 9.17) is 4.74 Å². The minimum atomic E-state index is -0.136. The zero-order valence-corrected chi connectivity index (χ0v) is 12.9. The number of H-pyrrole nitrogens is 1. The Morgan fingerprint density at radius 2 is 2.14 bits per heavy atom. The first-order valence-corrected chi connectivity index (χ1v) is 7.62. The number of aromatic amines is 1. The Balaban J connectivity index is 1.84. The van der Waals surface area contributed by atoms with Gasteiger partial charge in [-0.3, -0.25) is 9.89 Å². The molecule has 1 amide bonds. The molecule has 2 unspecified atom stereocenters. The van der Waals surface area contributed by atoms with Gasteiger partial charge in [0.25, 0.3) is 5.91 Å². The lowest BCUT2D eigenvalue weighted by Crippen LogP contribution is -2.34. The van der Waals surface area contributed by atoms with E-state index in [0.717, 1.165) is 29.8 Å². The van der Waals surface area contributed by atoms with Gasteiger partial charge in [-0.15, -0.1) is 0 Å². The van der Waals surface area contributed by atoms with Crippen LogP contribution in [0.4, 0.5) is 0 Å². The summed E-state index contributed by atoms with van der Waals surface area (Å²) in [5, 5.41) is 10.1. The summed E-state index contributed by atoms with van der Waals surface area (Å²) in [7, 11) is 0. The molecule has 0 radical (unpaired) electrons. The smallest absolute Gasteiger partial charge is 0.272 e. The zero-order chi connectivity index (χ0) is 15.5. The molecule has 1 aliphatic rings. The van der Waals surface area contributed by atoms with E-state index in [-0.39, 0.29) is 11.9 Å². The number of hydrogen-bond acceptors (Lipinski definition) is 3. The number of hydrogen-bond donors (Lipinski definition) is 2. The van der Waals surface area contributed by atoms with Gasteiger partial charge in [-0.1, -0.05) is 30.3 Å². The minimum Gasteiger partial charge on any atom is -0.381 e. The Morgan fingerprint density at radius 3 is 2.73 bits per heavy atom. The number of rotatable bonds is 4. The van der Waals surface area contributed by atoms with E-state index in [2.05, 4.69) is 15.5 Å². The van der Waals surface area contributed by atoms with E-state index in [1.54, 1.807) is 0 Å². The Labute approximate surface area is 130 Å². The second-order valence-corrected chi connectivity index (χ2v) is 5.81.